The number of rotatable bonds is 4. The summed E-state index contributed by atoms with van der Waals surface area (Å²) in [6.45, 7) is 4.52. The van der Waals surface area contributed by atoms with Crippen molar-refractivity contribution in [3.63, 3.8) is 0 Å². The molecule has 4 nitrogen and oxygen atoms in total. The summed E-state index contributed by atoms with van der Waals surface area (Å²) >= 11 is 0. The predicted octanol–water partition coefficient (Wildman–Crippen LogP) is 2.84. The second kappa shape index (κ2) is 6.84. The van der Waals surface area contributed by atoms with Crippen molar-refractivity contribution >= 4 is 5.69 Å². The van der Waals surface area contributed by atoms with Crippen molar-refractivity contribution in [3.8, 4) is 5.75 Å². The van der Waals surface area contributed by atoms with Crippen LogP contribution in [0.1, 0.15) is 39.5 Å². The second-order valence-electron chi connectivity index (χ2n) is 7.42. The zero-order valence-electron chi connectivity index (χ0n) is 14.3. The summed E-state index contributed by atoms with van der Waals surface area (Å²) < 4.78 is 34.1. The molecule has 24 heavy (non-hydrogen) atoms. The summed E-state index contributed by atoms with van der Waals surface area (Å²) in [6, 6.07) is 2.81. The molecule has 134 valence electrons. The van der Waals surface area contributed by atoms with Crippen LogP contribution in [-0.4, -0.2) is 42.5 Å². The summed E-state index contributed by atoms with van der Waals surface area (Å²) in [7, 11) is 0. The van der Waals surface area contributed by atoms with Gasteiger partial charge < -0.3 is 20.1 Å². The highest BCUT2D eigenvalue weighted by atomic mass is 19.1. The quantitative estimate of drug-likeness (QED) is 0.885. The molecule has 2 aliphatic rings. The van der Waals surface area contributed by atoms with Crippen LogP contribution < -0.4 is 15.0 Å². The number of halogens is 2. The average molecular weight is 340 g/mol. The Bertz CT molecular complexity index is 595. The fourth-order valence-corrected chi connectivity index (χ4v) is 4.01. The number of hydrogen-bond acceptors (Lipinski definition) is 4. The van der Waals surface area contributed by atoms with E-state index >= 15 is 0 Å². The molecule has 0 spiro atoms. The van der Waals surface area contributed by atoms with Crippen LogP contribution in [0.25, 0.3) is 0 Å². The van der Waals surface area contributed by atoms with E-state index < -0.39 is 11.6 Å². The van der Waals surface area contributed by atoms with E-state index in [-0.39, 0.29) is 30.5 Å². The van der Waals surface area contributed by atoms with Crippen molar-refractivity contribution in [2.45, 2.75) is 57.2 Å². The molecular weight excluding hydrogens is 314 g/mol. The molecular formula is C18H26F2N2O2. The van der Waals surface area contributed by atoms with Gasteiger partial charge in [-0.25, -0.2) is 8.78 Å². The Morgan fingerprint density at radius 3 is 2.75 bits per heavy atom. The summed E-state index contributed by atoms with van der Waals surface area (Å²) in [6.07, 6.45) is 4.33. The van der Waals surface area contributed by atoms with Gasteiger partial charge in [0.15, 0.2) is 11.6 Å². The molecule has 0 radical (unpaired) electrons. The third-order valence-electron chi connectivity index (χ3n) is 4.93. The van der Waals surface area contributed by atoms with E-state index in [0.29, 0.717) is 18.3 Å². The lowest BCUT2D eigenvalue weighted by Gasteiger charge is -2.52. The molecule has 1 aromatic carbocycles. The van der Waals surface area contributed by atoms with Crippen molar-refractivity contribution < 1.29 is 18.6 Å². The van der Waals surface area contributed by atoms with E-state index in [4.69, 9.17) is 9.84 Å². The third kappa shape index (κ3) is 3.49. The topological polar surface area (TPSA) is 44.7 Å². The molecule has 1 saturated heterocycles. The zero-order valence-corrected chi connectivity index (χ0v) is 14.3. The molecule has 0 aromatic heterocycles. The van der Waals surface area contributed by atoms with Gasteiger partial charge in [0.2, 0.25) is 0 Å². The number of nitrogens with zero attached hydrogens (tertiary/aromatic N) is 1. The monoisotopic (exact) mass is 340 g/mol. The fraction of sp³-hybridized carbons (Fsp3) is 0.667. The molecule has 0 amide bonds. The van der Waals surface area contributed by atoms with Crippen molar-refractivity contribution in [2.75, 3.05) is 24.7 Å². The van der Waals surface area contributed by atoms with E-state index in [1.54, 1.807) is 0 Å². The van der Waals surface area contributed by atoms with Crippen LogP contribution in [0.5, 0.6) is 5.75 Å². The van der Waals surface area contributed by atoms with Gasteiger partial charge >= 0.3 is 0 Å². The van der Waals surface area contributed by atoms with Gasteiger partial charge in [-0.3, -0.25) is 0 Å². The lowest BCUT2D eigenvalue weighted by atomic mass is 9.83. The minimum Gasteiger partial charge on any atom is -0.488 e. The first kappa shape index (κ1) is 17.4. The molecule has 3 rings (SSSR count). The molecule has 6 heteroatoms. The van der Waals surface area contributed by atoms with Gasteiger partial charge in [0, 0.05) is 36.3 Å². The zero-order chi connectivity index (χ0) is 17.3. The van der Waals surface area contributed by atoms with E-state index in [9.17, 15) is 8.78 Å². The predicted molar refractivity (Wildman–Crippen MR) is 89.5 cm³/mol. The number of aliphatic hydroxyl groups is 1. The largest absolute Gasteiger partial charge is 0.488 e. The van der Waals surface area contributed by atoms with Crippen LogP contribution in [0.15, 0.2) is 12.1 Å². The Morgan fingerprint density at radius 1 is 1.25 bits per heavy atom. The van der Waals surface area contributed by atoms with Crippen LogP contribution in [0.3, 0.4) is 0 Å². The fourth-order valence-electron chi connectivity index (χ4n) is 4.01. The highest BCUT2D eigenvalue weighted by Crippen LogP contribution is 2.36. The summed E-state index contributed by atoms with van der Waals surface area (Å²) in [4.78, 5) is 2.02. The maximum atomic E-state index is 14.7. The van der Waals surface area contributed by atoms with Gasteiger partial charge in [0.05, 0.1) is 12.3 Å². The average Bonchev–Trinajstić information content (AvgIpc) is 2.53. The molecule has 2 N–H and O–H groups in total. The van der Waals surface area contributed by atoms with Crippen LogP contribution in [0, 0.1) is 11.6 Å². The molecule has 2 fully saturated rings. The van der Waals surface area contributed by atoms with E-state index in [0.717, 1.165) is 25.3 Å². The number of ether oxygens (including phenoxy) is 1. The standard InChI is InChI=1S/C18H26F2N2O2/c1-18(2)11-22(15-6-4-3-5-14(15)21-18)16-9-13(20)17(10-12(16)19)24-8-7-23/h9-10,14-15,21,23H,3-8,11H2,1-2H3/t14-,15+/m1/s1. The minimum atomic E-state index is -0.594. The number of aliphatic hydroxyl groups excluding tert-OH is 1. The van der Waals surface area contributed by atoms with Crippen molar-refractivity contribution in [3.05, 3.63) is 23.8 Å². The normalized spacial score (nSPS) is 26.1. The van der Waals surface area contributed by atoms with Crippen LogP contribution in [0.2, 0.25) is 0 Å². The van der Waals surface area contributed by atoms with E-state index in [2.05, 4.69) is 19.2 Å². The Labute approximate surface area is 141 Å². The molecule has 0 unspecified atom stereocenters. The summed E-state index contributed by atoms with van der Waals surface area (Å²) in [5.41, 5.74) is 0.142. The smallest absolute Gasteiger partial charge is 0.167 e. The van der Waals surface area contributed by atoms with Crippen LogP contribution in [-0.2, 0) is 0 Å². The lowest BCUT2D eigenvalue weighted by Crippen LogP contribution is -2.67. The maximum Gasteiger partial charge on any atom is 0.167 e. The van der Waals surface area contributed by atoms with Crippen molar-refractivity contribution in [1.29, 1.82) is 0 Å². The molecule has 1 aliphatic carbocycles. The number of benzene rings is 1. The SMILES string of the molecule is CC1(C)CN(c2cc(F)c(OCCO)cc2F)[C@H]2CCCC[C@H]2N1. The van der Waals surface area contributed by atoms with Crippen LogP contribution in [0.4, 0.5) is 14.5 Å². The first-order valence-corrected chi connectivity index (χ1v) is 8.68. The Kier molecular flexibility index (Phi) is 4.97. The van der Waals surface area contributed by atoms with Gasteiger partial charge in [0.1, 0.15) is 12.4 Å². The van der Waals surface area contributed by atoms with Crippen molar-refractivity contribution in [1.82, 2.24) is 5.32 Å². The van der Waals surface area contributed by atoms with E-state index in [1.807, 2.05) is 4.90 Å². The highest BCUT2D eigenvalue weighted by molar-refractivity contribution is 5.53. The third-order valence-corrected chi connectivity index (χ3v) is 4.93. The van der Waals surface area contributed by atoms with Gasteiger partial charge in [-0.15, -0.1) is 0 Å². The summed E-state index contributed by atoms with van der Waals surface area (Å²) in [5.74, 6) is -1.23. The molecule has 1 saturated carbocycles. The lowest BCUT2D eigenvalue weighted by molar-refractivity contribution is 0.194. The van der Waals surface area contributed by atoms with Gasteiger partial charge in [-0.1, -0.05) is 12.8 Å². The number of nitrogens with one attached hydrogen (secondary N) is 1. The Balaban J connectivity index is 1.92. The Morgan fingerprint density at radius 2 is 2.00 bits per heavy atom. The first-order chi connectivity index (χ1) is 11.4. The van der Waals surface area contributed by atoms with Gasteiger partial charge in [0.25, 0.3) is 0 Å². The van der Waals surface area contributed by atoms with Crippen molar-refractivity contribution in [2.24, 2.45) is 0 Å². The number of hydrogen-bond donors (Lipinski definition) is 2. The minimum absolute atomic E-state index is 0.0545. The molecule has 1 aliphatic heterocycles. The number of piperazine rings is 1. The molecule has 1 heterocycles. The molecule has 2 atom stereocenters. The summed E-state index contributed by atoms with van der Waals surface area (Å²) in [5, 5.41) is 12.4. The van der Waals surface area contributed by atoms with Crippen LogP contribution >= 0.6 is 0 Å². The van der Waals surface area contributed by atoms with E-state index in [1.165, 1.54) is 12.5 Å². The highest BCUT2D eigenvalue weighted by Gasteiger charge is 2.41. The molecule has 1 aromatic rings. The van der Waals surface area contributed by atoms with Gasteiger partial charge in [-0.05, 0) is 26.7 Å². The van der Waals surface area contributed by atoms with Gasteiger partial charge in [-0.2, -0.15) is 0 Å². The number of anilines is 1. The first-order valence-electron chi connectivity index (χ1n) is 8.68. The molecule has 0 bridgehead atoms. The maximum absolute atomic E-state index is 14.7. The number of fused-ring (bicyclic) bond motifs is 1. The Hall–Kier alpha value is -1.40. The second-order valence-corrected chi connectivity index (χ2v) is 7.42.